The summed E-state index contributed by atoms with van der Waals surface area (Å²) in [5.41, 5.74) is 7.50. The summed E-state index contributed by atoms with van der Waals surface area (Å²) < 4.78 is 10.8. The Morgan fingerprint density at radius 1 is 1.09 bits per heavy atom. The smallest absolute Gasteiger partial charge is 0.407 e. The van der Waals surface area contributed by atoms with Crippen LogP contribution in [0.25, 0.3) is 11.1 Å². The van der Waals surface area contributed by atoms with Gasteiger partial charge in [0.15, 0.2) is 6.29 Å². The maximum Gasteiger partial charge on any atom is 0.407 e. The van der Waals surface area contributed by atoms with E-state index in [0.29, 0.717) is 12.9 Å². The van der Waals surface area contributed by atoms with Gasteiger partial charge in [-0.15, -0.1) is 5.10 Å². The average molecular weight is 294 g/mol. The van der Waals surface area contributed by atoms with E-state index in [2.05, 4.69) is 34.8 Å². The van der Waals surface area contributed by atoms with Gasteiger partial charge in [0.1, 0.15) is 6.61 Å². The van der Waals surface area contributed by atoms with E-state index < -0.39 is 6.23 Å². The van der Waals surface area contributed by atoms with Crippen LogP contribution in [0.15, 0.2) is 53.6 Å². The zero-order chi connectivity index (χ0) is 14.9. The predicted octanol–water partition coefficient (Wildman–Crippen LogP) is 2.23. The predicted molar refractivity (Wildman–Crippen MR) is 81.2 cm³/mol. The molecule has 2 aromatic carbocycles. The first kappa shape index (κ1) is 12.9. The summed E-state index contributed by atoms with van der Waals surface area (Å²) in [5.74, 6) is 0.133. The van der Waals surface area contributed by atoms with Gasteiger partial charge < -0.3 is 9.47 Å². The third kappa shape index (κ3) is 2.02. The Bertz CT molecular complexity index is 712. The second-order valence-corrected chi connectivity index (χ2v) is 5.22. The van der Waals surface area contributed by atoms with E-state index >= 15 is 0 Å². The van der Waals surface area contributed by atoms with Gasteiger partial charge in [-0.1, -0.05) is 48.5 Å². The third-order valence-corrected chi connectivity index (χ3v) is 3.97. The molecular formula is C17H14N2O3. The largest absolute Gasteiger partial charge is 0.448 e. The molecule has 2 aliphatic rings. The first-order valence-corrected chi connectivity index (χ1v) is 7.13. The van der Waals surface area contributed by atoms with Crippen LogP contribution in [-0.4, -0.2) is 25.2 Å². The lowest BCUT2D eigenvalue weighted by atomic mass is 9.98. The molecule has 0 bridgehead atoms. The van der Waals surface area contributed by atoms with Gasteiger partial charge in [0.05, 0.1) is 0 Å². The number of hydrogen-bond donors (Lipinski definition) is 1. The number of carbonyl (C=O) groups is 1. The standard InChI is InChI=1S/C17H14N2O3/c20-9-16-18-19-17(22-16)21-10-15-13-7-3-1-5-11(13)12-6-2-4-8-14(12)15/h1-9,15-16,18H,10H2. The van der Waals surface area contributed by atoms with Crippen molar-refractivity contribution in [1.29, 1.82) is 0 Å². The van der Waals surface area contributed by atoms with Gasteiger partial charge in [0, 0.05) is 5.92 Å². The highest BCUT2D eigenvalue weighted by atomic mass is 16.7. The zero-order valence-electron chi connectivity index (χ0n) is 11.7. The molecule has 0 saturated carbocycles. The summed E-state index contributed by atoms with van der Waals surface area (Å²) in [4.78, 5) is 10.6. The number of nitrogens with one attached hydrogen (secondary N) is 1. The van der Waals surface area contributed by atoms with Gasteiger partial charge in [0.25, 0.3) is 0 Å². The van der Waals surface area contributed by atoms with Crippen molar-refractivity contribution in [2.45, 2.75) is 12.1 Å². The molecule has 1 unspecified atom stereocenters. The van der Waals surface area contributed by atoms with E-state index in [0.717, 1.165) is 0 Å². The first-order chi connectivity index (χ1) is 10.9. The SMILES string of the molecule is O=CC1NN=C(OCC2c3ccccc3-c3ccccc32)O1. The molecule has 1 aliphatic carbocycles. The number of benzene rings is 2. The van der Waals surface area contributed by atoms with Crippen LogP contribution in [0, 0.1) is 0 Å². The fraction of sp³-hybridized carbons (Fsp3) is 0.176. The van der Waals surface area contributed by atoms with Crippen molar-refractivity contribution in [3.63, 3.8) is 0 Å². The minimum absolute atomic E-state index is 0.110. The van der Waals surface area contributed by atoms with Crippen molar-refractivity contribution < 1.29 is 14.3 Å². The summed E-state index contributed by atoms with van der Waals surface area (Å²) in [5, 5.41) is 3.85. The summed E-state index contributed by atoms with van der Waals surface area (Å²) in [7, 11) is 0. The fourth-order valence-electron chi connectivity index (χ4n) is 3.00. The molecule has 110 valence electrons. The molecule has 0 aromatic heterocycles. The monoisotopic (exact) mass is 294 g/mol. The minimum atomic E-state index is -0.752. The number of hydrazone groups is 1. The van der Waals surface area contributed by atoms with Gasteiger partial charge in [0.2, 0.25) is 6.23 Å². The Labute approximate surface area is 127 Å². The van der Waals surface area contributed by atoms with E-state index in [1.165, 1.54) is 22.3 Å². The van der Waals surface area contributed by atoms with Crippen LogP contribution >= 0.6 is 0 Å². The third-order valence-electron chi connectivity index (χ3n) is 3.97. The second kappa shape index (κ2) is 5.18. The number of nitrogens with zero attached hydrogens (tertiary/aromatic N) is 1. The number of rotatable bonds is 3. The molecule has 1 aliphatic heterocycles. The Kier molecular flexibility index (Phi) is 3.04. The van der Waals surface area contributed by atoms with Crippen molar-refractivity contribution in [2.75, 3.05) is 6.61 Å². The van der Waals surface area contributed by atoms with E-state index in [1.807, 2.05) is 24.3 Å². The molecule has 1 atom stereocenters. The lowest BCUT2D eigenvalue weighted by Crippen LogP contribution is -2.23. The van der Waals surface area contributed by atoms with Crippen LogP contribution in [0.5, 0.6) is 0 Å². The number of aldehydes is 1. The zero-order valence-corrected chi connectivity index (χ0v) is 11.7. The van der Waals surface area contributed by atoms with Crippen LogP contribution in [0.4, 0.5) is 0 Å². The fourth-order valence-corrected chi connectivity index (χ4v) is 3.00. The van der Waals surface area contributed by atoms with Gasteiger partial charge in [-0.05, 0) is 22.3 Å². The van der Waals surface area contributed by atoms with E-state index in [1.54, 1.807) is 0 Å². The van der Waals surface area contributed by atoms with Crippen molar-refractivity contribution >= 4 is 12.4 Å². The van der Waals surface area contributed by atoms with Gasteiger partial charge in [-0.25, -0.2) is 0 Å². The molecule has 2 aromatic rings. The number of carbonyl (C=O) groups excluding carboxylic acids is 1. The molecule has 1 N–H and O–H groups in total. The Balaban J connectivity index is 1.58. The molecule has 0 saturated heterocycles. The van der Waals surface area contributed by atoms with E-state index in [9.17, 15) is 4.79 Å². The molecular weight excluding hydrogens is 280 g/mol. The summed E-state index contributed by atoms with van der Waals surface area (Å²) in [6.45, 7) is 0.417. The Hall–Kier alpha value is -2.82. The maximum atomic E-state index is 10.6. The summed E-state index contributed by atoms with van der Waals surface area (Å²) in [6.07, 6.45) is -0.00264. The maximum absolute atomic E-state index is 10.6. The lowest BCUT2D eigenvalue weighted by Gasteiger charge is -2.14. The summed E-state index contributed by atoms with van der Waals surface area (Å²) >= 11 is 0. The molecule has 5 heteroatoms. The van der Waals surface area contributed by atoms with Crippen LogP contribution in [-0.2, 0) is 14.3 Å². The highest BCUT2D eigenvalue weighted by Gasteiger charge is 2.30. The molecule has 0 radical (unpaired) electrons. The van der Waals surface area contributed by atoms with Gasteiger partial charge in [-0.3, -0.25) is 10.2 Å². The molecule has 5 nitrogen and oxygen atoms in total. The van der Waals surface area contributed by atoms with E-state index in [4.69, 9.17) is 9.47 Å². The van der Waals surface area contributed by atoms with Crippen molar-refractivity contribution in [2.24, 2.45) is 5.10 Å². The Morgan fingerprint density at radius 2 is 1.73 bits per heavy atom. The van der Waals surface area contributed by atoms with Gasteiger partial charge in [-0.2, -0.15) is 0 Å². The first-order valence-electron chi connectivity index (χ1n) is 7.13. The quantitative estimate of drug-likeness (QED) is 0.882. The highest BCUT2D eigenvalue weighted by molar-refractivity contribution is 5.79. The molecule has 0 amide bonds. The van der Waals surface area contributed by atoms with Crippen molar-refractivity contribution in [1.82, 2.24) is 5.43 Å². The summed E-state index contributed by atoms with van der Waals surface area (Å²) in [6, 6.07) is 16.6. The minimum Gasteiger partial charge on any atom is -0.448 e. The molecule has 4 rings (SSSR count). The van der Waals surface area contributed by atoms with Crippen molar-refractivity contribution in [3.05, 3.63) is 59.7 Å². The number of fused-ring (bicyclic) bond motifs is 3. The molecule has 0 fully saturated rings. The van der Waals surface area contributed by atoms with Crippen molar-refractivity contribution in [3.8, 4) is 11.1 Å². The topological polar surface area (TPSA) is 59.9 Å². The van der Waals surface area contributed by atoms with Crippen LogP contribution in [0.2, 0.25) is 0 Å². The highest BCUT2D eigenvalue weighted by Crippen LogP contribution is 2.44. The normalized spacial score (nSPS) is 18.7. The number of ether oxygens (including phenoxy) is 2. The van der Waals surface area contributed by atoms with Gasteiger partial charge >= 0.3 is 6.08 Å². The van der Waals surface area contributed by atoms with Crippen LogP contribution in [0.1, 0.15) is 17.0 Å². The molecule has 0 spiro atoms. The molecule has 1 heterocycles. The van der Waals surface area contributed by atoms with E-state index in [-0.39, 0.29) is 12.0 Å². The van der Waals surface area contributed by atoms with Crippen LogP contribution in [0.3, 0.4) is 0 Å². The van der Waals surface area contributed by atoms with Crippen LogP contribution < -0.4 is 5.43 Å². The number of hydrogen-bond acceptors (Lipinski definition) is 5. The Morgan fingerprint density at radius 3 is 2.32 bits per heavy atom. The second-order valence-electron chi connectivity index (χ2n) is 5.22. The molecule has 22 heavy (non-hydrogen) atoms. The average Bonchev–Trinajstić information content (AvgIpc) is 3.15. The lowest BCUT2D eigenvalue weighted by molar-refractivity contribution is -0.115.